The Morgan fingerprint density at radius 3 is 2.75 bits per heavy atom. The lowest BCUT2D eigenvalue weighted by Crippen LogP contribution is -2.18. The molecule has 1 atom stereocenters. The third-order valence-electron chi connectivity index (χ3n) is 3.21. The fourth-order valence-electron chi connectivity index (χ4n) is 2.09. The molecule has 1 aromatic carbocycles. The summed E-state index contributed by atoms with van der Waals surface area (Å²) in [6.45, 7) is 2.68. The van der Waals surface area contributed by atoms with Crippen LogP contribution in [0.5, 0.6) is 0 Å². The summed E-state index contributed by atoms with van der Waals surface area (Å²) in [4.78, 5) is 0. The molecule has 0 amide bonds. The first kappa shape index (κ1) is 12.6. The van der Waals surface area contributed by atoms with Crippen LogP contribution in [0.25, 0.3) is 11.3 Å². The quantitative estimate of drug-likeness (QED) is 0.746. The van der Waals surface area contributed by atoms with Crippen LogP contribution < -0.4 is 5.32 Å². The first-order chi connectivity index (χ1) is 9.84. The lowest BCUT2D eigenvalue weighted by atomic mass is 10.1. The number of nitrogens with one attached hydrogen (secondary N) is 2. The number of furan rings is 1. The van der Waals surface area contributed by atoms with Gasteiger partial charge >= 0.3 is 0 Å². The van der Waals surface area contributed by atoms with E-state index in [1.165, 1.54) is 0 Å². The molecule has 0 saturated carbocycles. The molecule has 2 N–H and O–H groups in total. The number of rotatable bonds is 5. The molecule has 20 heavy (non-hydrogen) atoms. The van der Waals surface area contributed by atoms with Gasteiger partial charge in [-0.3, -0.25) is 0 Å². The van der Waals surface area contributed by atoms with Crippen LogP contribution in [0, 0.1) is 0 Å². The maximum atomic E-state index is 5.37. The second kappa shape index (κ2) is 5.71. The average Bonchev–Trinajstić information content (AvgIpc) is 3.17. The summed E-state index contributed by atoms with van der Waals surface area (Å²) in [7, 11) is 0. The van der Waals surface area contributed by atoms with Gasteiger partial charge in [0.15, 0.2) is 0 Å². The highest BCUT2D eigenvalue weighted by Gasteiger charge is 2.12. The third kappa shape index (κ3) is 2.62. The summed E-state index contributed by atoms with van der Waals surface area (Å²) in [6.07, 6.45) is 1.68. The van der Waals surface area contributed by atoms with Gasteiger partial charge in [0.2, 0.25) is 0 Å². The summed E-state index contributed by atoms with van der Waals surface area (Å²) in [5.74, 6) is 0.912. The van der Waals surface area contributed by atoms with Gasteiger partial charge in [0, 0.05) is 12.1 Å². The standard InChI is InChI=1S/C15H16N4O/c1-11(14-8-5-9-20-14)16-10-13-15(18-19-17-13)12-6-3-2-4-7-12/h2-9,11,16H,10H2,1H3,(H,17,18,19)/t11-/m0/s1. The molecule has 0 fully saturated rings. The summed E-state index contributed by atoms with van der Waals surface area (Å²) >= 11 is 0. The van der Waals surface area contributed by atoms with Gasteiger partial charge in [-0.15, -0.1) is 0 Å². The maximum Gasteiger partial charge on any atom is 0.120 e. The van der Waals surface area contributed by atoms with E-state index in [0.717, 1.165) is 22.7 Å². The van der Waals surface area contributed by atoms with E-state index in [-0.39, 0.29) is 6.04 Å². The summed E-state index contributed by atoms with van der Waals surface area (Å²) in [5, 5.41) is 14.5. The van der Waals surface area contributed by atoms with Crippen LogP contribution in [0.15, 0.2) is 53.1 Å². The van der Waals surface area contributed by atoms with E-state index in [1.807, 2.05) is 42.5 Å². The monoisotopic (exact) mass is 268 g/mol. The predicted molar refractivity (Wildman–Crippen MR) is 75.8 cm³/mol. The van der Waals surface area contributed by atoms with Crippen molar-refractivity contribution in [1.29, 1.82) is 0 Å². The van der Waals surface area contributed by atoms with Crippen molar-refractivity contribution in [2.45, 2.75) is 19.5 Å². The Labute approximate surface area is 117 Å². The smallest absolute Gasteiger partial charge is 0.120 e. The fourth-order valence-corrected chi connectivity index (χ4v) is 2.09. The van der Waals surface area contributed by atoms with Gasteiger partial charge in [0.25, 0.3) is 0 Å². The number of aromatic amines is 1. The van der Waals surface area contributed by atoms with Crippen molar-refractivity contribution in [3.8, 4) is 11.3 Å². The number of hydrogen-bond acceptors (Lipinski definition) is 4. The van der Waals surface area contributed by atoms with Gasteiger partial charge in [-0.25, -0.2) is 0 Å². The van der Waals surface area contributed by atoms with E-state index < -0.39 is 0 Å². The molecule has 0 aliphatic heterocycles. The van der Waals surface area contributed by atoms with Crippen LogP contribution in [-0.2, 0) is 6.54 Å². The van der Waals surface area contributed by atoms with Crippen molar-refractivity contribution < 1.29 is 4.42 Å². The van der Waals surface area contributed by atoms with Crippen LogP contribution in [0.4, 0.5) is 0 Å². The van der Waals surface area contributed by atoms with Gasteiger partial charge in [0.1, 0.15) is 17.1 Å². The molecule has 3 aromatic rings. The van der Waals surface area contributed by atoms with Gasteiger partial charge in [-0.05, 0) is 19.1 Å². The zero-order chi connectivity index (χ0) is 13.8. The number of benzene rings is 1. The number of H-pyrrole nitrogens is 1. The van der Waals surface area contributed by atoms with Crippen molar-refractivity contribution in [2.24, 2.45) is 0 Å². The van der Waals surface area contributed by atoms with E-state index in [1.54, 1.807) is 6.26 Å². The summed E-state index contributed by atoms with van der Waals surface area (Å²) in [6, 6.07) is 14.0. The number of hydrogen-bond donors (Lipinski definition) is 2. The number of nitrogens with zero attached hydrogens (tertiary/aromatic N) is 2. The second-order valence-electron chi connectivity index (χ2n) is 4.60. The topological polar surface area (TPSA) is 66.7 Å². The molecular formula is C15H16N4O. The Kier molecular flexibility index (Phi) is 3.60. The Morgan fingerprint density at radius 1 is 1.15 bits per heavy atom. The largest absolute Gasteiger partial charge is 0.468 e. The van der Waals surface area contributed by atoms with E-state index in [9.17, 15) is 0 Å². The highest BCUT2D eigenvalue weighted by atomic mass is 16.3. The molecule has 0 spiro atoms. The minimum atomic E-state index is 0.130. The zero-order valence-electron chi connectivity index (χ0n) is 11.2. The maximum absolute atomic E-state index is 5.37. The van der Waals surface area contributed by atoms with Gasteiger partial charge in [-0.2, -0.15) is 15.4 Å². The van der Waals surface area contributed by atoms with Crippen molar-refractivity contribution in [1.82, 2.24) is 20.7 Å². The molecule has 0 aliphatic carbocycles. The average molecular weight is 268 g/mol. The van der Waals surface area contributed by atoms with E-state index in [0.29, 0.717) is 6.54 Å². The fraction of sp³-hybridized carbons (Fsp3) is 0.200. The number of aromatic nitrogens is 3. The molecule has 0 saturated heterocycles. The molecule has 2 aromatic heterocycles. The minimum absolute atomic E-state index is 0.130. The molecule has 0 bridgehead atoms. The van der Waals surface area contributed by atoms with Crippen LogP contribution in [-0.4, -0.2) is 15.4 Å². The molecular weight excluding hydrogens is 252 g/mol. The van der Waals surface area contributed by atoms with Gasteiger partial charge in [0.05, 0.1) is 12.3 Å². The van der Waals surface area contributed by atoms with Crippen LogP contribution in [0.2, 0.25) is 0 Å². The van der Waals surface area contributed by atoms with E-state index in [4.69, 9.17) is 4.42 Å². The molecule has 0 aliphatic rings. The van der Waals surface area contributed by atoms with E-state index >= 15 is 0 Å². The Morgan fingerprint density at radius 2 is 2.00 bits per heavy atom. The van der Waals surface area contributed by atoms with Crippen molar-refractivity contribution in [2.75, 3.05) is 0 Å². The molecule has 3 rings (SSSR count). The van der Waals surface area contributed by atoms with Gasteiger partial charge < -0.3 is 9.73 Å². The van der Waals surface area contributed by atoms with E-state index in [2.05, 4.69) is 27.7 Å². The molecule has 5 heteroatoms. The molecule has 5 nitrogen and oxygen atoms in total. The summed E-state index contributed by atoms with van der Waals surface area (Å²) < 4.78 is 5.37. The molecule has 2 heterocycles. The normalized spacial score (nSPS) is 12.4. The molecule has 102 valence electrons. The van der Waals surface area contributed by atoms with Crippen molar-refractivity contribution >= 4 is 0 Å². The van der Waals surface area contributed by atoms with Crippen LogP contribution in [0.1, 0.15) is 24.4 Å². The molecule has 0 radical (unpaired) electrons. The predicted octanol–water partition coefficient (Wildman–Crippen LogP) is 2.92. The lowest BCUT2D eigenvalue weighted by Gasteiger charge is -2.10. The van der Waals surface area contributed by atoms with Crippen molar-refractivity contribution in [3.05, 3.63) is 60.2 Å². The lowest BCUT2D eigenvalue weighted by molar-refractivity contribution is 0.429. The Bertz CT molecular complexity index is 646. The first-order valence-electron chi connectivity index (χ1n) is 6.56. The highest BCUT2D eigenvalue weighted by Crippen LogP contribution is 2.20. The van der Waals surface area contributed by atoms with Crippen LogP contribution in [0.3, 0.4) is 0 Å². The minimum Gasteiger partial charge on any atom is -0.468 e. The molecule has 0 unspecified atom stereocenters. The SMILES string of the molecule is C[C@H](NCc1n[nH]nc1-c1ccccc1)c1ccco1. The van der Waals surface area contributed by atoms with Crippen molar-refractivity contribution in [3.63, 3.8) is 0 Å². The Balaban J connectivity index is 1.72. The summed E-state index contributed by atoms with van der Waals surface area (Å²) in [5.41, 5.74) is 2.84. The van der Waals surface area contributed by atoms with Crippen LogP contribution >= 0.6 is 0 Å². The third-order valence-corrected chi connectivity index (χ3v) is 3.21. The zero-order valence-corrected chi connectivity index (χ0v) is 11.2. The Hall–Kier alpha value is -2.40. The highest BCUT2D eigenvalue weighted by molar-refractivity contribution is 5.60. The first-order valence-corrected chi connectivity index (χ1v) is 6.56. The second-order valence-corrected chi connectivity index (χ2v) is 4.60. The van der Waals surface area contributed by atoms with Gasteiger partial charge in [-0.1, -0.05) is 30.3 Å².